The maximum absolute atomic E-state index is 12.4. The van der Waals surface area contributed by atoms with Gasteiger partial charge in [0.1, 0.15) is 0 Å². The molecule has 0 aromatic heterocycles. The Labute approximate surface area is 186 Å². The first-order valence-electron chi connectivity index (χ1n) is 10.1. The van der Waals surface area contributed by atoms with Gasteiger partial charge >= 0.3 is 5.97 Å². The number of hydrogen-bond donors (Lipinski definition) is 2. The van der Waals surface area contributed by atoms with Crippen molar-refractivity contribution in [2.75, 3.05) is 10.2 Å². The smallest absolute Gasteiger partial charge is 0.335 e. The lowest BCUT2D eigenvalue weighted by atomic mass is 9.88. The van der Waals surface area contributed by atoms with Gasteiger partial charge < -0.3 is 15.3 Å². The first kappa shape index (κ1) is 20.9. The quantitative estimate of drug-likeness (QED) is 0.528. The van der Waals surface area contributed by atoms with Crippen LogP contribution >= 0.6 is 11.6 Å². The van der Waals surface area contributed by atoms with Gasteiger partial charge in [0.05, 0.1) is 11.6 Å². The highest BCUT2D eigenvalue weighted by Gasteiger charge is 2.32. The number of benzene rings is 3. The zero-order valence-corrected chi connectivity index (χ0v) is 18.1. The van der Waals surface area contributed by atoms with Crippen LogP contribution in [0.1, 0.15) is 42.2 Å². The molecule has 0 fully saturated rings. The second-order valence-electron chi connectivity index (χ2n) is 7.83. The van der Waals surface area contributed by atoms with Gasteiger partial charge in [-0.2, -0.15) is 0 Å². The number of aromatic carboxylic acids is 1. The van der Waals surface area contributed by atoms with Crippen LogP contribution in [-0.2, 0) is 4.79 Å². The van der Waals surface area contributed by atoms with E-state index >= 15 is 0 Å². The molecule has 5 nitrogen and oxygen atoms in total. The third-order valence-electron chi connectivity index (χ3n) is 5.67. The van der Waals surface area contributed by atoms with Crippen molar-refractivity contribution in [2.45, 2.75) is 32.4 Å². The van der Waals surface area contributed by atoms with Gasteiger partial charge in [0.2, 0.25) is 5.91 Å². The second-order valence-corrected chi connectivity index (χ2v) is 8.27. The highest BCUT2D eigenvalue weighted by Crippen LogP contribution is 2.41. The zero-order valence-electron chi connectivity index (χ0n) is 17.3. The van der Waals surface area contributed by atoms with E-state index in [2.05, 4.69) is 18.3 Å². The Balaban J connectivity index is 1.75. The zero-order chi connectivity index (χ0) is 22.1. The molecule has 0 saturated heterocycles. The third-order valence-corrected chi connectivity index (χ3v) is 5.92. The lowest BCUT2D eigenvalue weighted by molar-refractivity contribution is -0.117. The molecule has 1 heterocycles. The molecule has 1 aliphatic heterocycles. The molecule has 2 atom stereocenters. The maximum Gasteiger partial charge on any atom is 0.335 e. The summed E-state index contributed by atoms with van der Waals surface area (Å²) in [6.45, 7) is 3.64. The van der Waals surface area contributed by atoms with Crippen LogP contribution in [0.3, 0.4) is 0 Å². The number of hydrogen-bond acceptors (Lipinski definition) is 3. The summed E-state index contributed by atoms with van der Waals surface area (Å²) in [6.07, 6.45) is 0.761. The molecular formula is C25H23ClN2O3. The van der Waals surface area contributed by atoms with Crippen molar-refractivity contribution in [3.63, 3.8) is 0 Å². The minimum absolute atomic E-state index is 0.0113. The molecule has 0 bridgehead atoms. The summed E-state index contributed by atoms with van der Waals surface area (Å²) in [4.78, 5) is 25.4. The van der Waals surface area contributed by atoms with Crippen molar-refractivity contribution in [3.8, 4) is 11.1 Å². The molecule has 1 amide bonds. The molecule has 3 aromatic carbocycles. The van der Waals surface area contributed by atoms with Gasteiger partial charge in [0.25, 0.3) is 0 Å². The summed E-state index contributed by atoms with van der Waals surface area (Å²) in [5, 5.41) is 13.4. The summed E-state index contributed by atoms with van der Waals surface area (Å²) < 4.78 is 0. The predicted octanol–water partition coefficient (Wildman–Crippen LogP) is 6.00. The summed E-state index contributed by atoms with van der Waals surface area (Å²) in [5.41, 5.74) is 5.02. The molecule has 0 radical (unpaired) electrons. The van der Waals surface area contributed by atoms with E-state index in [-0.39, 0.29) is 23.6 Å². The van der Waals surface area contributed by atoms with E-state index in [1.807, 2.05) is 41.3 Å². The Morgan fingerprint density at radius 1 is 1.00 bits per heavy atom. The third kappa shape index (κ3) is 4.28. The van der Waals surface area contributed by atoms with Crippen LogP contribution in [0.5, 0.6) is 0 Å². The van der Waals surface area contributed by atoms with Gasteiger partial charge in [-0.25, -0.2) is 4.79 Å². The number of amides is 1. The normalized spacial score (nSPS) is 17.7. The van der Waals surface area contributed by atoms with E-state index in [0.29, 0.717) is 5.02 Å². The van der Waals surface area contributed by atoms with Crippen LogP contribution in [0.4, 0.5) is 11.4 Å². The molecule has 1 aliphatic rings. The van der Waals surface area contributed by atoms with Gasteiger partial charge in [-0.3, -0.25) is 4.79 Å². The Hall–Kier alpha value is -3.31. The number of carboxylic acids is 1. The second kappa shape index (κ2) is 8.44. The first-order valence-corrected chi connectivity index (χ1v) is 10.5. The highest BCUT2D eigenvalue weighted by molar-refractivity contribution is 6.30. The van der Waals surface area contributed by atoms with Gasteiger partial charge in [0.15, 0.2) is 0 Å². The summed E-state index contributed by atoms with van der Waals surface area (Å²) in [6, 6.07) is 20.5. The molecule has 3 aromatic rings. The topological polar surface area (TPSA) is 69.6 Å². The number of nitrogens with one attached hydrogen (secondary N) is 1. The lowest BCUT2D eigenvalue weighted by Gasteiger charge is -2.39. The number of carbonyl (C=O) groups is 2. The number of rotatable bonds is 4. The summed E-state index contributed by atoms with van der Waals surface area (Å²) in [7, 11) is 0. The van der Waals surface area contributed by atoms with Crippen LogP contribution in [0, 0.1) is 0 Å². The fraction of sp³-hybridized carbons (Fsp3) is 0.200. The predicted molar refractivity (Wildman–Crippen MR) is 124 cm³/mol. The standard InChI is InChI=1S/C25H23ClN2O3/c1-15-13-23(27-21-10-8-20(26)9-11-21)22-14-19(7-12-24(22)28(15)16(2)29)17-3-5-18(6-4-17)25(30)31/h3-12,14-15,23,27H,13H2,1-2H3,(H,30,31)/t15?,23-/m1/s1. The molecule has 1 unspecified atom stereocenters. The summed E-state index contributed by atoms with van der Waals surface area (Å²) in [5.74, 6) is -0.937. The average molecular weight is 435 g/mol. The average Bonchev–Trinajstić information content (AvgIpc) is 2.75. The summed E-state index contributed by atoms with van der Waals surface area (Å²) >= 11 is 6.02. The van der Waals surface area contributed by atoms with Gasteiger partial charge in [-0.15, -0.1) is 0 Å². The van der Waals surface area contributed by atoms with Crippen molar-refractivity contribution in [2.24, 2.45) is 0 Å². The minimum atomic E-state index is -0.949. The van der Waals surface area contributed by atoms with Gasteiger partial charge in [0, 0.05) is 29.4 Å². The van der Waals surface area contributed by atoms with Crippen LogP contribution in [0.15, 0.2) is 66.7 Å². The van der Waals surface area contributed by atoms with E-state index in [9.17, 15) is 9.59 Å². The molecule has 2 N–H and O–H groups in total. The molecule has 6 heteroatoms. The van der Waals surface area contributed by atoms with E-state index in [1.165, 1.54) is 0 Å². The molecule has 4 rings (SSSR count). The van der Waals surface area contributed by atoms with Crippen molar-refractivity contribution < 1.29 is 14.7 Å². The van der Waals surface area contributed by atoms with Crippen molar-refractivity contribution in [1.82, 2.24) is 0 Å². The molecule has 31 heavy (non-hydrogen) atoms. The van der Waals surface area contributed by atoms with Gasteiger partial charge in [-0.05, 0) is 78.6 Å². The number of anilines is 2. The Bertz CT molecular complexity index is 1130. The van der Waals surface area contributed by atoms with Crippen LogP contribution in [-0.4, -0.2) is 23.0 Å². The Morgan fingerprint density at radius 3 is 2.26 bits per heavy atom. The SMILES string of the molecule is CC(=O)N1c2ccc(-c3ccc(C(=O)O)cc3)cc2[C@H](Nc2ccc(Cl)cc2)CC1C. The van der Waals surface area contributed by atoms with Crippen molar-refractivity contribution >= 4 is 34.9 Å². The molecule has 0 aliphatic carbocycles. The van der Waals surface area contributed by atoms with Crippen molar-refractivity contribution in [1.29, 1.82) is 0 Å². The van der Waals surface area contributed by atoms with E-state index in [4.69, 9.17) is 16.7 Å². The maximum atomic E-state index is 12.4. The molecular weight excluding hydrogens is 412 g/mol. The van der Waals surface area contributed by atoms with Crippen LogP contribution in [0.25, 0.3) is 11.1 Å². The van der Waals surface area contributed by atoms with Crippen molar-refractivity contribution in [3.05, 3.63) is 82.9 Å². The number of nitrogens with zero attached hydrogens (tertiary/aromatic N) is 1. The van der Waals surface area contributed by atoms with E-state index < -0.39 is 5.97 Å². The van der Waals surface area contributed by atoms with Crippen LogP contribution < -0.4 is 10.2 Å². The number of carbonyl (C=O) groups excluding carboxylic acids is 1. The molecule has 0 spiro atoms. The Morgan fingerprint density at radius 2 is 1.65 bits per heavy atom. The Kier molecular flexibility index (Phi) is 5.70. The highest BCUT2D eigenvalue weighted by atomic mass is 35.5. The largest absolute Gasteiger partial charge is 0.478 e. The monoisotopic (exact) mass is 434 g/mol. The number of fused-ring (bicyclic) bond motifs is 1. The number of carboxylic acid groups (broad SMARTS) is 1. The minimum Gasteiger partial charge on any atom is -0.478 e. The lowest BCUT2D eigenvalue weighted by Crippen LogP contribution is -2.43. The fourth-order valence-corrected chi connectivity index (χ4v) is 4.34. The number of halogens is 1. The fourth-order valence-electron chi connectivity index (χ4n) is 4.21. The molecule has 0 saturated carbocycles. The molecule has 158 valence electrons. The van der Waals surface area contributed by atoms with Crippen LogP contribution in [0.2, 0.25) is 5.02 Å². The first-order chi connectivity index (χ1) is 14.8. The van der Waals surface area contributed by atoms with Gasteiger partial charge in [-0.1, -0.05) is 29.8 Å². The van der Waals surface area contributed by atoms with E-state index in [0.717, 1.165) is 34.5 Å². The van der Waals surface area contributed by atoms with E-state index in [1.54, 1.807) is 31.2 Å².